The van der Waals surface area contributed by atoms with Crippen LogP contribution in [0.15, 0.2) is 29.2 Å². The number of carbonyl (C=O) groups is 2. The molecule has 2 aliphatic rings. The van der Waals surface area contributed by atoms with E-state index < -0.39 is 45.7 Å². The fraction of sp³-hybridized carbons (Fsp3) is 0.381. The number of aliphatic hydroxyl groups excluding tert-OH is 1. The van der Waals surface area contributed by atoms with E-state index in [1.54, 1.807) is 6.92 Å². The Morgan fingerprint density at radius 2 is 2.06 bits per heavy atom. The normalized spacial score (nSPS) is 21.9. The van der Waals surface area contributed by atoms with Crippen LogP contribution in [-0.2, 0) is 12.1 Å². The van der Waals surface area contributed by atoms with Gasteiger partial charge in [0.15, 0.2) is 11.4 Å². The van der Waals surface area contributed by atoms with Gasteiger partial charge in [-0.1, -0.05) is 6.07 Å². The minimum atomic E-state index is -1.02. The molecule has 1 aliphatic carbocycles. The molecule has 0 radical (unpaired) electrons. The molecule has 1 saturated carbocycles. The van der Waals surface area contributed by atoms with Gasteiger partial charge in [-0.3, -0.25) is 14.4 Å². The van der Waals surface area contributed by atoms with Gasteiger partial charge in [0.25, 0.3) is 11.8 Å². The van der Waals surface area contributed by atoms with Crippen LogP contribution in [0.2, 0.25) is 0 Å². The Kier molecular flexibility index (Phi) is 5.04. The summed E-state index contributed by atoms with van der Waals surface area (Å²) in [5.74, 6) is -4.05. The summed E-state index contributed by atoms with van der Waals surface area (Å²) in [6, 6.07) is 2.89. The van der Waals surface area contributed by atoms with Crippen molar-refractivity contribution in [3.63, 3.8) is 0 Å². The molecule has 2 aromatic rings. The largest absolute Gasteiger partial charge is 0.503 e. The van der Waals surface area contributed by atoms with Crippen molar-refractivity contribution < 1.29 is 28.6 Å². The monoisotopic (exact) mass is 433 g/mol. The lowest BCUT2D eigenvalue weighted by Gasteiger charge is -2.37. The molecule has 2 heterocycles. The Hall–Kier alpha value is -3.27. The van der Waals surface area contributed by atoms with Crippen molar-refractivity contribution in [1.29, 1.82) is 0 Å². The third-order valence-corrected chi connectivity index (χ3v) is 6.12. The van der Waals surface area contributed by atoms with Crippen molar-refractivity contribution in [2.75, 3.05) is 19.7 Å². The number of benzene rings is 1. The third-order valence-electron chi connectivity index (χ3n) is 6.12. The SMILES string of the molecule is CCN1C[C@@]2(C[C@H]2CO)n2cc(C(=O)NCc3ccc(F)cc3F)c(=O)c(O)c2C1=O. The molecular weight excluding hydrogens is 412 g/mol. The Morgan fingerprint density at radius 1 is 1.32 bits per heavy atom. The zero-order valence-electron chi connectivity index (χ0n) is 16.7. The first-order valence-electron chi connectivity index (χ1n) is 9.84. The molecule has 1 spiro atoms. The summed E-state index contributed by atoms with van der Waals surface area (Å²) < 4.78 is 28.3. The Bertz CT molecular complexity index is 1150. The van der Waals surface area contributed by atoms with E-state index in [1.165, 1.54) is 21.7 Å². The number of nitrogens with one attached hydrogen (secondary N) is 1. The Balaban J connectivity index is 1.70. The third kappa shape index (κ3) is 3.27. The number of fused-ring (bicyclic) bond motifs is 2. The standard InChI is InChI=1S/C21H21F2N3O5/c1-2-25-10-21(6-12(21)9-27)26-8-14(17(28)18(29)16(26)20(25)31)19(30)24-7-11-3-4-13(22)5-15(11)23/h3-5,8,12,27,29H,2,6-7,9-10H2,1H3,(H,24,30)/t12-,21+/m0/s1. The number of aromatic hydroxyl groups is 1. The highest BCUT2D eigenvalue weighted by Crippen LogP contribution is 2.53. The van der Waals surface area contributed by atoms with Gasteiger partial charge >= 0.3 is 0 Å². The summed E-state index contributed by atoms with van der Waals surface area (Å²) >= 11 is 0. The minimum absolute atomic E-state index is 0.0183. The second-order valence-electron chi connectivity index (χ2n) is 7.86. The molecule has 2 atom stereocenters. The number of likely N-dealkylation sites (N-methyl/N-ethyl adjacent to an activating group) is 1. The van der Waals surface area contributed by atoms with Crippen molar-refractivity contribution >= 4 is 11.8 Å². The number of aliphatic hydroxyl groups is 1. The summed E-state index contributed by atoms with van der Waals surface area (Å²) in [7, 11) is 0. The smallest absolute Gasteiger partial charge is 0.274 e. The van der Waals surface area contributed by atoms with Crippen molar-refractivity contribution in [1.82, 2.24) is 14.8 Å². The molecule has 1 aromatic heterocycles. The van der Waals surface area contributed by atoms with Gasteiger partial charge in [0.1, 0.15) is 17.2 Å². The molecule has 31 heavy (non-hydrogen) atoms. The fourth-order valence-corrected chi connectivity index (χ4v) is 4.23. The molecule has 3 N–H and O–H groups in total. The molecule has 164 valence electrons. The molecule has 1 aliphatic heterocycles. The van der Waals surface area contributed by atoms with Gasteiger partial charge in [0, 0.05) is 50.0 Å². The van der Waals surface area contributed by atoms with Crippen LogP contribution in [0.25, 0.3) is 0 Å². The summed E-state index contributed by atoms with van der Waals surface area (Å²) in [6.07, 6.45) is 1.73. The van der Waals surface area contributed by atoms with Gasteiger partial charge < -0.3 is 25.0 Å². The van der Waals surface area contributed by atoms with Gasteiger partial charge in [-0.2, -0.15) is 0 Å². The number of carbonyl (C=O) groups excluding carboxylic acids is 2. The number of amides is 2. The molecule has 10 heteroatoms. The first kappa shape index (κ1) is 21.0. The Morgan fingerprint density at radius 3 is 2.68 bits per heavy atom. The zero-order valence-corrected chi connectivity index (χ0v) is 16.7. The lowest BCUT2D eigenvalue weighted by molar-refractivity contribution is 0.0630. The first-order chi connectivity index (χ1) is 14.7. The summed E-state index contributed by atoms with van der Waals surface area (Å²) in [6.45, 7) is 1.95. The van der Waals surface area contributed by atoms with Gasteiger partial charge in [-0.25, -0.2) is 8.78 Å². The first-order valence-corrected chi connectivity index (χ1v) is 9.84. The second kappa shape index (κ2) is 7.45. The van der Waals surface area contributed by atoms with Gasteiger partial charge in [-0.05, 0) is 19.4 Å². The summed E-state index contributed by atoms with van der Waals surface area (Å²) in [5.41, 5.74) is -2.34. The molecule has 0 saturated heterocycles. The maximum atomic E-state index is 13.8. The topological polar surface area (TPSA) is 112 Å². The highest BCUT2D eigenvalue weighted by atomic mass is 19.1. The van der Waals surface area contributed by atoms with E-state index in [4.69, 9.17) is 0 Å². The average Bonchev–Trinajstić information content (AvgIpc) is 3.45. The quantitative estimate of drug-likeness (QED) is 0.650. The van der Waals surface area contributed by atoms with Crippen molar-refractivity contribution in [3.05, 3.63) is 63.1 Å². The molecule has 8 nitrogen and oxygen atoms in total. The fourth-order valence-electron chi connectivity index (χ4n) is 4.23. The van der Waals surface area contributed by atoms with E-state index in [1.807, 2.05) is 0 Å². The highest BCUT2D eigenvalue weighted by Gasteiger charge is 2.60. The van der Waals surface area contributed by atoms with Crippen LogP contribution in [0, 0.1) is 17.6 Å². The molecule has 4 rings (SSSR count). The number of pyridine rings is 1. The average molecular weight is 433 g/mol. The van der Waals surface area contributed by atoms with Gasteiger partial charge in [-0.15, -0.1) is 0 Å². The van der Waals surface area contributed by atoms with Crippen molar-refractivity contribution in [2.24, 2.45) is 5.92 Å². The molecule has 1 fully saturated rings. The van der Waals surface area contributed by atoms with Crippen molar-refractivity contribution in [2.45, 2.75) is 25.4 Å². The lowest BCUT2D eigenvalue weighted by atomic mass is 10.0. The van der Waals surface area contributed by atoms with Crippen LogP contribution >= 0.6 is 0 Å². The molecular formula is C21H21F2N3O5. The van der Waals surface area contributed by atoms with E-state index in [0.29, 0.717) is 19.0 Å². The molecule has 0 bridgehead atoms. The number of rotatable bonds is 5. The van der Waals surface area contributed by atoms with Crippen LogP contribution in [0.3, 0.4) is 0 Å². The Labute approximate surface area is 175 Å². The summed E-state index contributed by atoms with van der Waals surface area (Å²) in [4.78, 5) is 39.6. The maximum absolute atomic E-state index is 13.8. The number of halogens is 2. The van der Waals surface area contributed by atoms with E-state index in [9.17, 15) is 33.4 Å². The van der Waals surface area contributed by atoms with Crippen molar-refractivity contribution in [3.8, 4) is 5.75 Å². The number of hydrogen-bond donors (Lipinski definition) is 3. The van der Waals surface area contributed by atoms with E-state index in [-0.39, 0.29) is 36.9 Å². The zero-order chi connectivity index (χ0) is 22.5. The maximum Gasteiger partial charge on any atom is 0.274 e. The second-order valence-corrected chi connectivity index (χ2v) is 7.86. The highest BCUT2D eigenvalue weighted by molar-refractivity contribution is 5.99. The van der Waals surface area contributed by atoms with E-state index in [0.717, 1.165) is 6.07 Å². The van der Waals surface area contributed by atoms with Crippen LogP contribution in [0.1, 0.15) is 39.8 Å². The minimum Gasteiger partial charge on any atom is -0.503 e. The molecule has 0 unspecified atom stereocenters. The van der Waals surface area contributed by atoms with Crippen LogP contribution in [0.5, 0.6) is 5.75 Å². The van der Waals surface area contributed by atoms with Crippen LogP contribution < -0.4 is 10.7 Å². The molecule has 2 amide bonds. The number of nitrogens with zero attached hydrogens (tertiary/aromatic N) is 2. The van der Waals surface area contributed by atoms with E-state index in [2.05, 4.69) is 5.32 Å². The number of hydrogen-bond acceptors (Lipinski definition) is 5. The predicted molar refractivity (Wildman–Crippen MR) is 105 cm³/mol. The predicted octanol–water partition coefficient (Wildman–Crippen LogP) is 0.945. The van der Waals surface area contributed by atoms with E-state index >= 15 is 0 Å². The lowest BCUT2D eigenvalue weighted by Crippen LogP contribution is -2.49. The van der Waals surface area contributed by atoms with Gasteiger partial charge in [0.05, 0.1) is 5.54 Å². The van der Waals surface area contributed by atoms with Gasteiger partial charge in [0.2, 0.25) is 5.43 Å². The molecule has 1 aromatic carbocycles. The summed E-state index contributed by atoms with van der Waals surface area (Å²) in [5, 5.41) is 22.5. The van der Waals surface area contributed by atoms with Crippen LogP contribution in [0.4, 0.5) is 8.78 Å². The number of aromatic nitrogens is 1. The van der Waals surface area contributed by atoms with Crippen LogP contribution in [-0.4, -0.2) is 51.2 Å².